The molecule has 0 heterocycles. The van der Waals surface area contributed by atoms with E-state index >= 15 is 8.78 Å². The summed E-state index contributed by atoms with van der Waals surface area (Å²) in [5.41, 5.74) is 7.73. The molecule has 0 saturated heterocycles. The van der Waals surface area contributed by atoms with Crippen molar-refractivity contribution in [3.8, 4) is 22.3 Å². The molecule has 0 radical (unpaired) electrons. The van der Waals surface area contributed by atoms with Gasteiger partial charge in [-0.3, -0.25) is 0 Å². The lowest BCUT2D eigenvalue weighted by Gasteiger charge is -2.39. The van der Waals surface area contributed by atoms with Gasteiger partial charge in [0.25, 0.3) is 5.92 Å². The third-order valence-corrected chi connectivity index (χ3v) is 8.92. The van der Waals surface area contributed by atoms with Crippen molar-refractivity contribution in [2.75, 3.05) is 0 Å². The molecule has 6 aromatic carbocycles. The number of alkyl halides is 2. The molecule has 0 aliphatic heterocycles. The van der Waals surface area contributed by atoms with Crippen LogP contribution in [0, 0.1) is 13.8 Å². The molecule has 0 amide bonds. The lowest BCUT2D eigenvalue weighted by atomic mass is 9.67. The Morgan fingerprint density at radius 2 is 0.925 bits per heavy atom. The van der Waals surface area contributed by atoms with Gasteiger partial charge in [-0.1, -0.05) is 117 Å². The molecule has 0 aromatic heterocycles. The largest absolute Gasteiger partial charge is 0.299 e. The van der Waals surface area contributed by atoms with Crippen LogP contribution in [-0.4, -0.2) is 0 Å². The number of hydrogen-bond donors (Lipinski definition) is 0. The van der Waals surface area contributed by atoms with Crippen LogP contribution in [0.3, 0.4) is 0 Å². The molecule has 1 aliphatic carbocycles. The summed E-state index contributed by atoms with van der Waals surface area (Å²) in [6.45, 7) is 8.41. The average Bonchev–Trinajstić information content (AvgIpc) is 2.96. The maximum Gasteiger partial charge on any atom is 0.299 e. The molecule has 6 aromatic rings. The van der Waals surface area contributed by atoms with Gasteiger partial charge >= 0.3 is 0 Å². The lowest BCUT2D eigenvalue weighted by Crippen LogP contribution is -2.35. The molecule has 40 heavy (non-hydrogen) atoms. The molecule has 2 heteroatoms. The maximum absolute atomic E-state index is 16.2. The maximum atomic E-state index is 16.2. The minimum absolute atomic E-state index is 0.0979. The van der Waals surface area contributed by atoms with E-state index in [4.69, 9.17) is 0 Å². The molecule has 0 unspecified atom stereocenters. The molecule has 0 fully saturated rings. The number of rotatable bonds is 2. The summed E-state index contributed by atoms with van der Waals surface area (Å²) in [5, 5.41) is 4.39. The predicted molar refractivity (Wildman–Crippen MR) is 163 cm³/mol. The zero-order chi connectivity index (χ0) is 27.8. The summed E-state index contributed by atoms with van der Waals surface area (Å²) < 4.78 is 32.5. The van der Waals surface area contributed by atoms with Crippen LogP contribution in [0.15, 0.2) is 109 Å². The molecular weight excluding hydrogens is 494 g/mol. The first kappa shape index (κ1) is 24.7. The summed E-state index contributed by atoms with van der Waals surface area (Å²) in [7, 11) is 0. The van der Waals surface area contributed by atoms with Gasteiger partial charge in [0, 0.05) is 16.5 Å². The fourth-order valence-corrected chi connectivity index (χ4v) is 7.01. The van der Waals surface area contributed by atoms with Crippen molar-refractivity contribution in [2.24, 2.45) is 0 Å². The van der Waals surface area contributed by atoms with E-state index in [2.05, 4.69) is 68.4 Å². The second-order valence-electron chi connectivity index (χ2n) is 11.6. The standard InChI is InChI=1S/C38H30F2/c1-23-12-11-13-24(2)34(23)36-28-16-7-5-14-26(28)35(27-15-6-8-17-29(27)36)25-20-21-31-33(22-25)38(39,40)32-19-10-9-18-30(32)37(31,3)4/h5-22H,1-4H3. The van der Waals surface area contributed by atoms with E-state index in [-0.39, 0.29) is 11.1 Å². The second kappa shape index (κ2) is 8.60. The first-order valence-electron chi connectivity index (χ1n) is 13.8. The van der Waals surface area contributed by atoms with Crippen LogP contribution in [-0.2, 0) is 11.3 Å². The van der Waals surface area contributed by atoms with Crippen molar-refractivity contribution < 1.29 is 8.78 Å². The van der Waals surface area contributed by atoms with Crippen LogP contribution < -0.4 is 0 Å². The molecule has 0 saturated carbocycles. The van der Waals surface area contributed by atoms with E-state index in [9.17, 15) is 0 Å². The van der Waals surface area contributed by atoms with E-state index < -0.39 is 11.3 Å². The van der Waals surface area contributed by atoms with E-state index in [1.54, 1.807) is 18.2 Å². The summed E-state index contributed by atoms with van der Waals surface area (Å²) in [6.07, 6.45) is 0. The van der Waals surface area contributed by atoms with Crippen molar-refractivity contribution in [1.29, 1.82) is 0 Å². The summed E-state index contributed by atoms with van der Waals surface area (Å²) in [6, 6.07) is 35.9. The third-order valence-electron chi connectivity index (χ3n) is 8.92. The minimum atomic E-state index is -3.08. The first-order chi connectivity index (χ1) is 19.2. The van der Waals surface area contributed by atoms with Crippen LogP contribution in [0.25, 0.3) is 43.8 Å². The van der Waals surface area contributed by atoms with Crippen molar-refractivity contribution in [2.45, 2.75) is 39.0 Å². The lowest BCUT2D eigenvalue weighted by molar-refractivity contribution is 0.0352. The first-order valence-corrected chi connectivity index (χ1v) is 13.8. The van der Waals surface area contributed by atoms with Crippen molar-refractivity contribution in [1.82, 2.24) is 0 Å². The highest BCUT2D eigenvalue weighted by Gasteiger charge is 2.48. The average molecular weight is 525 g/mol. The Bertz CT molecular complexity index is 1900. The number of halogens is 2. The van der Waals surface area contributed by atoms with Gasteiger partial charge in [0.15, 0.2) is 0 Å². The fourth-order valence-electron chi connectivity index (χ4n) is 7.01. The summed E-state index contributed by atoms with van der Waals surface area (Å²) >= 11 is 0. The summed E-state index contributed by atoms with van der Waals surface area (Å²) in [4.78, 5) is 0. The van der Waals surface area contributed by atoms with Crippen LogP contribution in [0.5, 0.6) is 0 Å². The molecule has 0 atom stereocenters. The van der Waals surface area contributed by atoms with E-state index in [0.717, 1.165) is 32.7 Å². The summed E-state index contributed by atoms with van der Waals surface area (Å²) in [5.74, 6) is -3.08. The van der Waals surface area contributed by atoms with Crippen molar-refractivity contribution >= 4 is 21.5 Å². The van der Waals surface area contributed by atoms with E-state index in [1.807, 2.05) is 50.2 Å². The number of benzene rings is 6. The number of fused-ring (bicyclic) bond motifs is 4. The normalized spacial score (nSPS) is 15.2. The quantitative estimate of drug-likeness (QED) is 0.198. The van der Waals surface area contributed by atoms with Crippen LogP contribution in [0.1, 0.15) is 47.2 Å². The molecule has 1 aliphatic rings. The zero-order valence-corrected chi connectivity index (χ0v) is 23.1. The fraction of sp³-hybridized carbons (Fsp3) is 0.158. The Hall–Kier alpha value is -4.30. The van der Waals surface area contributed by atoms with Gasteiger partial charge in [-0.05, 0) is 86.0 Å². The molecule has 0 nitrogen and oxygen atoms in total. The smallest absolute Gasteiger partial charge is 0.196 e. The van der Waals surface area contributed by atoms with E-state index in [1.165, 1.54) is 22.3 Å². The van der Waals surface area contributed by atoms with Gasteiger partial charge in [0.05, 0.1) is 0 Å². The van der Waals surface area contributed by atoms with Gasteiger partial charge in [-0.15, -0.1) is 0 Å². The van der Waals surface area contributed by atoms with Crippen molar-refractivity contribution in [3.05, 3.63) is 143 Å². The topological polar surface area (TPSA) is 0 Å². The Morgan fingerprint density at radius 1 is 0.450 bits per heavy atom. The Kier molecular flexibility index (Phi) is 5.31. The number of aryl methyl sites for hydroxylation is 2. The van der Waals surface area contributed by atoms with Gasteiger partial charge in [0.1, 0.15) is 0 Å². The van der Waals surface area contributed by atoms with Crippen LogP contribution >= 0.6 is 0 Å². The minimum Gasteiger partial charge on any atom is -0.196 e. The van der Waals surface area contributed by atoms with Crippen molar-refractivity contribution in [3.63, 3.8) is 0 Å². The van der Waals surface area contributed by atoms with Gasteiger partial charge in [-0.25, -0.2) is 0 Å². The predicted octanol–water partition coefficient (Wildman–Crippen LogP) is 10.7. The molecule has 7 rings (SSSR count). The Balaban J connectivity index is 1.58. The zero-order valence-electron chi connectivity index (χ0n) is 23.1. The highest BCUT2D eigenvalue weighted by Crippen LogP contribution is 2.53. The SMILES string of the molecule is Cc1cccc(C)c1-c1c2ccccc2c(-c2ccc3c(c2)C(F)(F)c2ccccc2C3(C)C)c2ccccc12. The monoisotopic (exact) mass is 524 g/mol. The molecule has 196 valence electrons. The third kappa shape index (κ3) is 3.35. The molecular formula is C38H30F2. The van der Waals surface area contributed by atoms with Crippen LogP contribution in [0.4, 0.5) is 8.78 Å². The Labute approximate surface area is 233 Å². The molecule has 0 spiro atoms. The molecule has 0 N–H and O–H groups in total. The Morgan fingerprint density at radius 3 is 1.50 bits per heavy atom. The number of hydrogen-bond acceptors (Lipinski definition) is 0. The van der Waals surface area contributed by atoms with Gasteiger partial charge in [-0.2, -0.15) is 8.78 Å². The van der Waals surface area contributed by atoms with Gasteiger partial charge in [0.2, 0.25) is 0 Å². The second-order valence-corrected chi connectivity index (χ2v) is 11.6. The van der Waals surface area contributed by atoms with Crippen LogP contribution in [0.2, 0.25) is 0 Å². The highest BCUT2D eigenvalue weighted by molar-refractivity contribution is 6.21. The van der Waals surface area contributed by atoms with E-state index in [0.29, 0.717) is 11.1 Å². The molecule has 0 bridgehead atoms. The highest BCUT2D eigenvalue weighted by atomic mass is 19.3. The van der Waals surface area contributed by atoms with Gasteiger partial charge < -0.3 is 0 Å².